The van der Waals surface area contributed by atoms with Gasteiger partial charge in [0.1, 0.15) is 0 Å². The van der Waals surface area contributed by atoms with Crippen LogP contribution in [0, 0.1) is 13.8 Å². The Labute approximate surface area is 174 Å². The van der Waals surface area contributed by atoms with Crippen molar-refractivity contribution in [3.8, 4) is 0 Å². The van der Waals surface area contributed by atoms with Crippen molar-refractivity contribution in [3.63, 3.8) is 0 Å². The molecule has 0 fully saturated rings. The van der Waals surface area contributed by atoms with Crippen molar-refractivity contribution in [2.45, 2.75) is 26.9 Å². The highest BCUT2D eigenvalue weighted by atomic mass is 32.1. The number of fused-ring (bicyclic) bond motifs is 1. The predicted octanol–water partition coefficient (Wildman–Crippen LogP) is 3.73. The summed E-state index contributed by atoms with van der Waals surface area (Å²) in [5.41, 5.74) is 3.86. The minimum atomic E-state index is -0.0772. The van der Waals surface area contributed by atoms with E-state index in [1.807, 2.05) is 35.4 Å². The third kappa shape index (κ3) is 4.98. The first kappa shape index (κ1) is 20.5. The molecule has 3 aromatic rings. The van der Waals surface area contributed by atoms with Crippen molar-refractivity contribution in [1.82, 2.24) is 15.2 Å². The molecule has 0 radical (unpaired) electrons. The van der Waals surface area contributed by atoms with E-state index >= 15 is 0 Å². The Balaban J connectivity index is 1.88. The standard InChI is InChI=1S/C21H25N3O2S2/c1-14-9-16-11-17(20(25)23-19(16)10-15(14)2)12-24(13-18-5-4-8-28-18)21(27)22-6-7-26-3/h4-5,8-11H,6-7,12-13H2,1-3H3,(H,22,27)(H,23,25). The lowest BCUT2D eigenvalue weighted by Gasteiger charge is -2.25. The van der Waals surface area contributed by atoms with Gasteiger partial charge in [-0.3, -0.25) is 4.79 Å². The van der Waals surface area contributed by atoms with Crippen LogP contribution in [-0.4, -0.2) is 35.3 Å². The first-order chi connectivity index (χ1) is 13.5. The number of thiocarbonyl (C=S) groups is 1. The van der Waals surface area contributed by atoms with E-state index in [9.17, 15) is 4.79 Å². The van der Waals surface area contributed by atoms with Crippen molar-refractivity contribution < 1.29 is 4.74 Å². The fourth-order valence-corrected chi connectivity index (χ4v) is 3.96. The number of pyridine rings is 1. The van der Waals surface area contributed by atoms with Crippen LogP contribution in [0.15, 0.2) is 40.5 Å². The molecule has 2 N–H and O–H groups in total. The second-order valence-electron chi connectivity index (χ2n) is 6.81. The van der Waals surface area contributed by atoms with Gasteiger partial charge in [0.25, 0.3) is 5.56 Å². The summed E-state index contributed by atoms with van der Waals surface area (Å²) >= 11 is 7.27. The van der Waals surface area contributed by atoms with E-state index in [-0.39, 0.29) is 5.56 Å². The van der Waals surface area contributed by atoms with Crippen LogP contribution >= 0.6 is 23.6 Å². The van der Waals surface area contributed by atoms with Gasteiger partial charge in [0.2, 0.25) is 0 Å². The Hall–Kier alpha value is -2.22. The SMILES string of the molecule is COCCNC(=S)N(Cc1cccs1)Cc1cc2cc(C)c(C)cc2[nH]c1=O. The highest BCUT2D eigenvalue weighted by Crippen LogP contribution is 2.19. The maximum atomic E-state index is 12.7. The third-order valence-corrected chi connectivity index (χ3v) is 5.96. The van der Waals surface area contributed by atoms with Crippen molar-refractivity contribution in [1.29, 1.82) is 0 Å². The Kier molecular flexibility index (Phi) is 6.83. The Morgan fingerprint density at radius 1 is 1.25 bits per heavy atom. The number of nitrogens with one attached hydrogen (secondary N) is 2. The molecule has 0 bridgehead atoms. The summed E-state index contributed by atoms with van der Waals surface area (Å²) in [4.78, 5) is 18.9. The fourth-order valence-electron chi connectivity index (χ4n) is 3.01. The summed E-state index contributed by atoms with van der Waals surface area (Å²) < 4.78 is 5.09. The van der Waals surface area contributed by atoms with Gasteiger partial charge < -0.3 is 19.9 Å². The number of ether oxygens (including phenoxy) is 1. The summed E-state index contributed by atoms with van der Waals surface area (Å²) in [5, 5.41) is 6.91. The summed E-state index contributed by atoms with van der Waals surface area (Å²) in [6.45, 7) is 6.42. The minimum absolute atomic E-state index is 0.0772. The number of aryl methyl sites for hydroxylation is 2. The van der Waals surface area contributed by atoms with E-state index in [1.54, 1.807) is 18.4 Å². The summed E-state index contributed by atoms with van der Waals surface area (Å²) in [6.07, 6.45) is 0. The van der Waals surface area contributed by atoms with Crippen molar-refractivity contribution in [3.05, 3.63) is 67.6 Å². The maximum Gasteiger partial charge on any atom is 0.253 e. The van der Waals surface area contributed by atoms with Gasteiger partial charge in [0.05, 0.1) is 19.7 Å². The molecule has 5 nitrogen and oxygen atoms in total. The molecule has 0 saturated heterocycles. The molecule has 2 heterocycles. The normalized spacial score (nSPS) is 11.0. The van der Waals surface area contributed by atoms with E-state index < -0.39 is 0 Å². The summed E-state index contributed by atoms with van der Waals surface area (Å²) in [7, 11) is 1.66. The number of benzene rings is 1. The molecule has 0 aliphatic rings. The zero-order valence-corrected chi connectivity index (χ0v) is 18.0. The van der Waals surface area contributed by atoms with Crippen LogP contribution in [-0.2, 0) is 17.8 Å². The topological polar surface area (TPSA) is 57.4 Å². The van der Waals surface area contributed by atoms with Crippen LogP contribution < -0.4 is 10.9 Å². The molecule has 0 unspecified atom stereocenters. The lowest BCUT2D eigenvalue weighted by molar-refractivity contribution is 0.202. The van der Waals surface area contributed by atoms with E-state index in [0.717, 1.165) is 10.9 Å². The molecule has 1 aromatic carbocycles. The number of nitrogens with zero attached hydrogens (tertiary/aromatic N) is 1. The molecule has 148 valence electrons. The van der Waals surface area contributed by atoms with Gasteiger partial charge in [-0.1, -0.05) is 6.07 Å². The zero-order chi connectivity index (χ0) is 20.1. The maximum absolute atomic E-state index is 12.7. The molecule has 0 aliphatic carbocycles. The highest BCUT2D eigenvalue weighted by molar-refractivity contribution is 7.80. The van der Waals surface area contributed by atoms with Crippen LogP contribution in [0.25, 0.3) is 10.9 Å². The second-order valence-corrected chi connectivity index (χ2v) is 8.23. The number of rotatable bonds is 7. The number of hydrogen-bond acceptors (Lipinski definition) is 4. The average molecular weight is 416 g/mol. The van der Waals surface area contributed by atoms with Crippen molar-refractivity contribution >= 4 is 39.6 Å². The third-order valence-electron chi connectivity index (χ3n) is 4.69. The second kappa shape index (κ2) is 9.32. The molecule has 2 aromatic heterocycles. The van der Waals surface area contributed by atoms with Gasteiger partial charge in [0.15, 0.2) is 5.11 Å². The summed E-state index contributed by atoms with van der Waals surface area (Å²) in [5.74, 6) is 0. The molecule has 0 aliphatic heterocycles. The van der Waals surface area contributed by atoms with E-state index in [2.05, 4.69) is 29.4 Å². The van der Waals surface area contributed by atoms with E-state index in [0.29, 0.717) is 36.9 Å². The van der Waals surface area contributed by atoms with Gasteiger partial charge in [-0.05, 0) is 72.2 Å². The molecule has 0 saturated carbocycles. The quantitative estimate of drug-likeness (QED) is 0.455. The molecule has 3 rings (SSSR count). The van der Waals surface area contributed by atoms with Crippen LogP contribution in [0.5, 0.6) is 0 Å². The summed E-state index contributed by atoms with van der Waals surface area (Å²) in [6, 6.07) is 10.2. The molecule has 0 atom stereocenters. The van der Waals surface area contributed by atoms with Gasteiger partial charge >= 0.3 is 0 Å². The average Bonchev–Trinajstić information content (AvgIpc) is 3.16. The lowest BCUT2D eigenvalue weighted by atomic mass is 10.0. The van der Waals surface area contributed by atoms with E-state index in [1.165, 1.54) is 16.0 Å². The first-order valence-corrected chi connectivity index (χ1v) is 10.4. The minimum Gasteiger partial charge on any atom is -0.383 e. The van der Waals surface area contributed by atoms with Crippen LogP contribution in [0.3, 0.4) is 0 Å². The Morgan fingerprint density at radius 2 is 2.04 bits per heavy atom. The highest BCUT2D eigenvalue weighted by Gasteiger charge is 2.14. The van der Waals surface area contributed by atoms with E-state index in [4.69, 9.17) is 17.0 Å². The van der Waals surface area contributed by atoms with Gasteiger partial charge in [0, 0.05) is 29.6 Å². The number of H-pyrrole nitrogens is 1. The zero-order valence-electron chi connectivity index (χ0n) is 16.4. The molecule has 7 heteroatoms. The molecule has 0 amide bonds. The fraction of sp³-hybridized carbons (Fsp3) is 0.333. The Bertz CT molecular complexity index is 1010. The predicted molar refractivity (Wildman–Crippen MR) is 120 cm³/mol. The van der Waals surface area contributed by atoms with Gasteiger partial charge in [-0.2, -0.15) is 0 Å². The molecule has 0 spiro atoms. The number of hydrogen-bond donors (Lipinski definition) is 2. The number of aromatic amines is 1. The molecular weight excluding hydrogens is 390 g/mol. The molecule has 28 heavy (non-hydrogen) atoms. The van der Waals surface area contributed by atoms with Gasteiger partial charge in [-0.25, -0.2) is 0 Å². The number of aromatic nitrogens is 1. The lowest BCUT2D eigenvalue weighted by Crippen LogP contribution is -2.41. The number of thiophene rings is 1. The molecular formula is C21H25N3O2S2. The van der Waals surface area contributed by atoms with Crippen molar-refractivity contribution in [2.75, 3.05) is 20.3 Å². The van der Waals surface area contributed by atoms with Crippen LogP contribution in [0.2, 0.25) is 0 Å². The van der Waals surface area contributed by atoms with Gasteiger partial charge in [-0.15, -0.1) is 11.3 Å². The van der Waals surface area contributed by atoms with Crippen LogP contribution in [0.4, 0.5) is 0 Å². The monoisotopic (exact) mass is 415 g/mol. The largest absolute Gasteiger partial charge is 0.383 e. The number of methoxy groups -OCH3 is 1. The first-order valence-electron chi connectivity index (χ1n) is 9.15. The smallest absolute Gasteiger partial charge is 0.253 e. The van der Waals surface area contributed by atoms with Crippen molar-refractivity contribution in [2.24, 2.45) is 0 Å². The van der Waals surface area contributed by atoms with Crippen LogP contribution in [0.1, 0.15) is 21.6 Å². The Morgan fingerprint density at radius 3 is 2.75 bits per heavy atom.